The van der Waals surface area contributed by atoms with E-state index < -0.39 is 10.8 Å². The summed E-state index contributed by atoms with van der Waals surface area (Å²) in [4.78, 5) is 18.1. The quantitative estimate of drug-likeness (QED) is 0.545. The number of hydrogen-bond donors (Lipinski definition) is 2. The van der Waals surface area contributed by atoms with E-state index in [9.17, 15) is 15.4 Å². The lowest BCUT2D eigenvalue weighted by atomic mass is 9.88. The highest BCUT2D eigenvalue weighted by atomic mass is 16.6. The van der Waals surface area contributed by atoms with Crippen molar-refractivity contribution in [3.63, 3.8) is 0 Å². The van der Waals surface area contributed by atoms with Gasteiger partial charge in [-0.15, -0.1) is 0 Å². The van der Waals surface area contributed by atoms with Crippen LogP contribution in [0.15, 0.2) is 66.1 Å². The number of non-ortho nitro benzene ring substituents is 1. The van der Waals surface area contributed by atoms with Crippen LogP contribution in [0.4, 0.5) is 5.69 Å². The summed E-state index contributed by atoms with van der Waals surface area (Å²) in [6, 6.07) is 17.5. The van der Waals surface area contributed by atoms with Crippen molar-refractivity contribution in [1.29, 1.82) is 5.26 Å². The number of imidazole rings is 1. The van der Waals surface area contributed by atoms with Gasteiger partial charge < -0.3 is 15.5 Å². The molecule has 3 aromatic rings. The van der Waals surface area contributed by atoms with E-state index in [1.54, 1.807) is 12.1 Å². The smallest absolute Gasteiger partial charge is 0.269 e. The first-order chi connectivity index (χ1) is 13.1. The molecule has 2 heterocycles. The third-order valence-corrected chi connectivity index (χ3v) is 4.35. The number of nitriles is 1. The molecule has 0 spiro atoms. The van der Waals surface area contributed by atoms with Crippen molar-refractivity contribution in [1.82, 2.24) is 9.97 Å². The number of fused-ring (bicyclic) bond motifs is 1. The zero-order valence-electron chi connectivity index (χ0n) is 13.9. The van der Waals surface area contributed by atoms with Crippen molar-refractivity contribution in [2.75, 3.05) is 0 Å². The minimum absolute atomic E-state index is 0.0283. The van der Waals surface area contributed by atoms with Gasteiger partial charge in [0.2, 0.25) is 11.8 Å². The van der Waals surface area contributed by atoms with Gasteiger partial charge in [0.15, 0.2) is 0 Å². The van der Waals surface area contributed by atoms with Crippen molar-refractivity contribution < 1.29 is 9.66 Å². The highest BCUT2D eigenvalue weighted by molar-refractivity contribution is 5.60. The maximum atomic E-state index is 10.9. The van der Waals surface area contributed by atoms with E-state index in [1.807, 2.05) is 30.3 Å². The molecule has 0 bridgehead atoms. The standard InChI is InChI=1S/C19H13N5O3/c20-10-14-15(11-6-8-13(9-7-11)24(25)26)16-19(27-17(14)21)23-18(22-16)12-4-2-1-3-5-12/h1-9,15H,21H2,(H,22,23)/t15-/m1/s1. The van der Waals surface area contributed by atoms with Gasteiger partial charge >= 0.3 is 0 Å². The summed E-state index contributed by atoms with van der Waals surface area (Å²) >= 11 is 0. The lowest BCUT2D eigenvalue weighted by molar-refractivity contribution is -0.384. The number of ether oxygens (including phenoxy) is 1. The molecule has 0 saturated heterocycles. The van der Waals surface area contributed by atoms with Crippen LogP contribution >= 0.6 is 0 Å². The molecule has 27 heavy (non-hydrogen) atoms. The molecule has 1 atom stereocenters. The van der Waals surface area contributed by atoms with E-state index in [4.69, 9.17) is 10.5 Å². The van der Waals surface area contributed by atoms with Crippen LogP contribution in [0.2, 0.25) is 0 Å². The Bertz CT molecular complexity index is 1090. The number of rotatable bonds is 3. The maximum absolute atomic E-state index is 10.9. The van der Waals surface area contributed by atoms with Crippen LogP contribution in [0.25, 0.3) is 11.4 Å². The van der Waals surface area contributed by atoms with Crippen LogP contribution in [0.3, 0.4) is 0 Å². The molecule has 1 aromatic heterocycles. The summed E-state index contributed by atoms with van der Waals surface area (Å²) in [6.07, 6.45) is 0. The van der Waals surface area contributed by atoms with Crippen molar-refractivity contribution in [2.24, 2.45) is 5.73 Å². The van der Waals surface area contributed by atoms with Crippen LogP contribution in [0.1, 0.15) is 17.2 Å². The van der Waals surface area contributed by atoms with E-state index in [0.717, 1.165) is 5.56 Å². The fraction of sp³-hybridized carbons (Fsp3) is 0.0526. The van der Waals surface area contributed by atoms with Gasteiger partial charge in [-0.05, 0) is 5.56 Å². The molecule has 0 aliphatic carbocycles. The summed E-state index contributed by atoms with van der Waals surface area (Å²) in [5.74, 6) is 0.289. The zero-order chi connectivity index (χ0) is 19.0. The second kappa shape index (κ2) is 6.31. The van der Waals surface area contributed by atoms with Gasteiger partial charge in [0.25, 0.3) is 5.69 Å². The van der Waals surface area contributed by atoms with Gasteiger partial charge in [-0.25, -0.2) is 0 Å². The number of hydrogen-bond acceptors (Lipinski definition) is 6. The van der Waals surface area contributed by atoms with Gasteiger partial charge in [0.1, 0.15) is 17.5 Å². The Labute approximate surface area is 153 Å². The molecule has 0 radical (unpaired) electrons. The summed E-state index contributed by atoms with van der Waals surface area (Å²) < 4.78 is 5.54. The van der Waals surface area contributed by atoms with E-state index in [0.29, 0.717) is 17.1 Å². The molecule has 8 heteroatoms. The normalized spacial score (nSPS) is 15.6. The number of H-pyrrole nitrogens is 1. The largest absolute Gasteiger partial charge is 0.420 e. The minimum atomic E-state index is -0.551. The third kappa shape index (κ3) is 2.77. The molecule has 0 amide bonds. The van der Waals surface area contributed by atoms with Crippen LogP contribution < -0.4 is 10.5 Å². The van der Waals surface area contributed by atoms with Crippen molar-refractivity contribution in [2.45, 2.75) is 5.92 Å². The SMILES string of the molecule is N#CC1=C(N)Oc2nc(-c3ccccc3)[nH]c2[C@@H]1c1ccc([N+](=O)[O-])cc1. The number of allylic oxidation sites excluding steroid dienone is 1. The predicted molar refractivity (Wildman–Crippen MR) is 96.4 cm³/mol. The Morgan fingerprint density at radius 1 is 1.19 bits per heavy atom. The number of nitrogens with zero attached hydrogens (tertiary/aromatic N) is 3. The molecule has 132 valence electrons. The number of aromatic nitrogens is 2. The van der Waals surface area contributed by atoms with E-state index in [1.165, 1.54) is 12.1 Å². The maximum Gasteiger partial charge on any atom is 0.269 e. The van der Waals surface area contributed by atoms with Crippen LogP contribution in [-0.2, 0) is 0 Å². The van der Waals surface area contributed by atoms with Crippen LogP contribution in [0.5, 0.6) is 5.88 Å². The molecule has 1 aliphatic heterocycles. The lowest BCUT2D eigenvalue weighted by Gasteiger charge is -2.22. The molecular weight excluding hydrogens is 346 g/mol. The van der Waals surface area contributed by atoms with Crippen LogP contribution in [0, 0.1) is 21.4 Å². The van der Waals surface area contributed by atoms with Gasteiger partial charge in [-0.2, -0.15) is 10.2 Å². The molecule has 1 aliphatic rings. The van der Waals surface area contributed by atoms with Crippen LogP contribution in [-0.4, -0.2) is 14.9 Å². The Hall–Kier alpha value is -4.12. The fourth-order valence-corrected chi connectivity index (χ4v) is 3.06. The Balaban J connectivity index is 1.84. The summed E-state index contributed by atoms with van der Waals surface area (Å²) in [6.45, 7) is 0. The van der Waals surface area contributed by atoms with E-state index in [-0.39, 0.29) is 23.0 Å². The number of aromatic amines is 1. The molecule has 3 N–H and O–H groups in total. The van der Waals surface area contributed by atoms with Crippen molar-refractivity contribution >= 4 is 5.69 Å². The monoisotopic (exact) mass is 359 g/mol. The molecule has 0 unspecified atom stereocenters. The molecule has 4 rings (SSSR count). The topological polar surface area (TPSA) is 131 Å². The first-order valence-electron chi connectivity index (χ1n) is 8.05. The number of nitro benzene ring substituents is 1. The molecular formula is C19H13N5O3. The van der Waals surface area contributed by atoms with Gasteiger partial charge in [-0.1, -0.05) is 42.5 Å². The number of nitrogens with two attached hydrogens (primary N) is 1. The number of nitrogens with one attached hydrogen (secondary N) is 1. The van der Waals surface area contributed by atoms with E-state index in [2.05, 4.69) is 16.0 Å². The highest BCUT2D eigenvalue weighted by Gasteiger charge is 2.34. The minimum Gasteiger partial charge on any atom is -0.420 e. The Kier molecular flexibility index (Phi) is 3.82. The number of benzene rings is 2. The molecule has 0 fully saturated rings. The fourth-order valence-electron chi connectivity index (χ4n) is 3.06. The average molecular weight is 359 g/mol. The van der Waals surface area contributed by atoms with Gasteiger partial charge in [0.05, 0.1) is 16.5 Å². The second-order valence-electron chi connectivity index (χ2n) is 5.94. The zero-order valence-corrected chi connectivity index (χ0v) is 13.9. The number of nitro groups is 1. The van der Waals surface area contributed by atoms with Gasteiger partial charge in [-0.3, -0.25) is 10.1 Å². The first-order valence-corrected chi connectivity index (χ1v) is 8.05. The molecule has 0 saturated carbocycles. The summed E-state index contributed by atoms with van der Waals surface area (Å²) in [5.41, 5.74) is 8.23. The second-order valence-corrected chi connectivity index (χ2v) is 5.94. The van der Waals surface area contributed by atoms with E-state index >= 15 is 0 Å². The molecule has 2 aromatic carbocycles. The van der Waals surface area contributed by atoms with Gasteiger partial charge in [0, 0.05) is 17.7 Å². The first kappa shape index (κ1) is 16.4. The van der Waals surface area contributed by atoms with Crippen molar-refractivity contribution in [3.05, 3.63) is 87.4 Å². The molecule has 8 nitrogen and oxygen atoms in total. The summed E-state index contributed by atoms with van der Waals surface area (Å²) in [5, 5.41) is 20.5. The summed E-state index contributed by atoms with van der Waals surface area (Å²) in [7, 11) is 0. The Morgan fingerprint density at radius 3 is 2.52 bits per heavy atom. The average Bonchev–Trinajstić information content (AvgIpc) is 3.11. The Morgan fingerprint density at radius 2 is 1.89 bits per heavy atom. The third-order valence-electron chi connectivity index (χ3n) is 4.35. The van der Waals surface area contributed by atoms with Crippen molar-refractivity contribution in [3.8, 4) is 23.3 Å². The predicted octanol–water partition coefficient (Wildman–Crippen LogP) is 3.20. The highest BCUT2D eigenvalue weighted by Crippen LogP contribution is 2.42. The lowest BCUT2D eigenvalue weighted by Crippen LogP contribution is -2.21.